The van der Waals surface area contributed by atoms with E-state index in [1.54, 1.807) is 12.1 Å². The fourth-order valence-electron chi connectivity index (χ4n) is 1.70. The lowest BCUT2D eigenvalue weighted by molar-refractivity contribution is -0.119. The molecule has 112 valence electrons. The molecular formula is C13H20N2O5. The van der Waals surface area contributed by atoms with Gasteiger partial charge in [0.15, 0.2) is 0 Å². The maximum atomic E-state index is 10.7. The van der Waals surface area contributed by atoms with Gasteiger partial charge in [0.1, 0.15) is 6.10 Å². The Bertz CT molecular complexity index is 452. The van der Waals surface area contributed by atoms with Gasteiger partial charge in [-0.1, -0.05) is 0 Å². The Balaban J connectivity index is 2.74. The molecule has 2 unspecified atom stereocenters. The number of rotatable bonds is 7. The third-order valence-electron chi connectivity index (χ3n) is 2.76. The van der Waals surface area contributed by atoms with Crippen molar-refractivity contribution in [1.82, 2.24) is 10.3 Å². The Morgan fingerprint density at radius 3 is 2.60 bits per heavy atom. The summed E-state index contributed by atoms with van der Waals surface area (Å²) < 4.78 is 10.0. The second kappa shape index (κ2) is 7.66. The first-order valence-electron chi connectivity index (χ1n) is 6.19. The molecule has 0 saturated carbocycles. The monoisotopic (exact) mass is 284 g/mol. The minimum Gasteiger partial charge on any atom is -0.481 e. The van der Waals surface area contributed by atoms with Crippen LogP contribution in [-0.4, -0.2) is 48.0 Å². The highest BCUT2D eigenvalue weighted by Crippen LogP contribution is 2.28. The number of ether oxygens (including phenoxy) is 2. The van der Waals surface area contributed by atoms with Crippen LogP contribution >= 0.6 is 0 Å². The van der Waals surface area contributed by atoms with E-state index in [4.69, 9.17) is 9.47 Å². The molecule has 0 fully saturated rings. The normalized spacial score (nSPS) is 13.4. The number of methoxy groups -OCH3 is 2. The van der Waals surface area contributed by atoms with Gasteiger partial charge in [0.2, 0.25) is 17.7 Å². The Labute approximate surface area is 117 Å². The van der Waals surface area contributed by atoms with E-state index in [0.717, 1.165) is 0 Å². The summed E-state index contributed by atoms with van der Waals surface area (Å²) in [7, 11) is 2.89. The molecule has 7 heteroatoms. The Morgan fingerprint density at radius 1 is 1.35 bits per heavy atom. The smallest absolute Gasteiger partial charge is 0.222 e. The lowest BCUT2D eigenvalue weighted by Crippen LogP contribution is -2.27. The zero-order chi connectivity index (χ0) is 15.1. The van der Waals surface area contributed by atoms with Gasteiger partial charge < -0.3 is 25.0 Å². The van der Waals surface area contributed by atoms with Crippen LogP contribution in [0.25, 0.3) is 0 Å². The highest BCUT2D eigenvalue weighted by atomic mass is 16.5. The summed E-state index contributed by atoms with van der Waals surface area (Å²) in [4.78, 5) is 14.8. The zero-order valence-electron chi connectivity index (χ0n) is 11.8. The highest BCUT2D eigenvalue weighted by molar-refractivity contribution is 5.72. The number of hydrogen-bond acceptors (Lipinski definition) is 6. The molecule has 0 aromatic carbocycles. The van der Waals surface area contributed by atoms with Gasteiger partial charge in [-0.05, 0) is 12.5 Å². The van der Waals surface area contributed by atoms with Crippen LogP contribution < -0.4 is 14.8 Å². The van der Waals surface area contributed by atoms with Crippen LogP contribution in [0.3, 0.4) is 0 Å². The van der Waals surface area contributed by atoms with Crippen LogP contribution in [0.5, 0.6) is 11.8 Å². The van der Waals surface area contributed by atoms with Crippen molar-refractivity contribution in [3.63, 3.8) is 0 Å². The first kappa shape index (κ1) is 16.2. The molecule has 1 rings (SSSR count). The molecule has 0 aliphatic heterocycles. The van der Waals surface area contributed by atoms with Gasteiger partial charge in [0, 0.05) is 25.1 Å². The van der Waals surface area contributed by atoms with Crippen LogP contribution in [0, 0.1) is 0 Å². The van der Waals surface area contributed by atoms with Gasteiger partial charge >= 0.3 is 0 Å². The third-order valence-corrected chi connectivity index (χ3v) is 2.76. The van der Waals surface area contributed by atoms with E-state index in [1.807, 2.05) is 0 Å². The molecule has 0 spiro atoms. The number of aliphatic hydroxyl groups excluding tert-OH is 2. The van der Waals surface area contributed by atoms with Crippen molar-refractivity contribution >= 4 is 5.91 Å². The molecule has 2 atom stereocenters. The lowest BCUT2D eigenvalue weighted by Gasteiger charge is -2.20. The van der Waals surface area contributed by atoms with Crippen LogP contribution in [0.1, 0.15) is 25.0 Å². The van der Waals surface area contributed by atoms with Crippen LogP contribution in [-0.2, 0) is 4.79 Å². The van der Waals surface area contributed by atoms with Crippen LogP contribution in [0.4, 0.5) is 0 Å². The number of hydrogen-bond donors (Lipinski definition) is 3. The zero-order valence-corrected chi connectivity index (χ0v) is 11.8. The Hall–Kier alpha value is -1.86. The fourth-order valence-corrected chi connectivity index (χ4v) is 1.70. The number of pyridine rings is 1. The number of nitrogens with zero attached hydrogens (tertiary/aromatic N) is 1. The van der Waals surface area contributed by atoms with Gasteiger partial charge in [-0.2, -0.15) is 4.98 Å². The summed E-state index contributed by atoms with van der Waals surface area (Å²) in [5.74, 6) is 0.358. The number of aliphatic hydroxyl groups is 2. The van der Waals surface area contributed by atoms with E-state index in [-0.39, 0.29) is 24.8 Å². The molecule has 1 heterocycles. The SMILES string of the molecule is COc1ccc(C(O)C(O)CCNC(C)=O)c(OC)n1. The predicted octanol–water partition coefficient (Wildman–Crippen LogP) is 0.0193. The van der Waals surface area contributed by atoms with E-state index in [9.17, 15) is 15.0 Å². The largest absolute Gasteiger partial charge is 0.481 e. The second-order valence-corrected chi connectivity index (χ2v) is 4.24. The minimum absolute atomic E-state index is 0.185. The standard InChI is InChI=1S/C13H20N2O5/c1-8(16)14-7-6-10(17)12(18)9-4-5-11(19-2)15-13(9)20-3/h4-5,10,12,17-18H,6-7H2,1-3H3,(H,14,16). The summed E-state index contributed by atoms with van der Waals surface area (Å²) in [6.07, 6.45) is -1.97. The average molecular weight is 284 g/mol. The molecule has 1 amide bonds. The summed E-state index contributed by atoms with van der Waals surface area (Å²) in [6, 6.07) is 3.15. The average Bonchev–Trinajstić information content (AvgIpc) is 2.45. The molecule has 0 saturated heterocycles. The second-order valence-electron chi connectivity index (χ2n) is 4.24. The molecule has 1 aromatic rings. The van der Waals surface area contributed by atoms with Crippen molar-refractivity contribution in [3.05, 3.63) is 17.7 Å². The molecule has 3 N–H and O–H groups in total. The first-order chi connectivity index (χ1) is 9.49. The van der Waals surface area contributed by atoms with E-state index >= 15 is 0 Å². The quantitative estimate of drug-likeness (QED) is 0.652. The van der Waals surface area contributed by atoms with Crippen molar-refractivity contribution < 1.29 is 24.5 Å². The molecule has 7 nitrogen and oxygen atoms in total. The van der Waals surface area contributed by atoms with Gasteiger partial charge in [0.05, 0.1) is 20.3 Å². The maximum absolute atomic E-state index is 10.7. The van der Waals surface area contributed by atoms with E-state index < -0.39 is 12.2 Å². The van der Waals surface area contributed by atoms with Crippen LogP contribution in [0.2, 0.25) is 0 Å². The third kappa shape index (κ3) is 4.36. The van der Waals surface area contributed by atoms with Crippen molar-refractivity contribution in [2.75, 3.05) is 20.8 Å². The molecule has 20 heavy (non-hydrogen) atoms. The first-order valence-corrected chi connectivity index (χ1v) is 6.19. The molecule has 0 bridgehead atoms. The maximum Gasteiger partial charge on any atom is 0.222 e. The minimum atomic E-state index is -1.16. The number of carbonyl (C=O) groups is 1. The number of amides is 1. The summed E-state index contributed by atoms with van der Waals surface area (Å²) in [5, 5.41) is 22.6. The Kier molecular flexibility index (Phi) is 6.20. The molecule has 0 radical (unpaired) electrons. The summed E-state index contributed by atoms with van der Waals surface area (Å²) >= 11 is 0. The van der Waals surface area contributed by atoms with Crippen LogP contribution in [0.15, 0.2) is 12.1 Å². The molecular weight excluding hydrogens is 264 g/mol. The predicted molar refractivity (Wildman–Crippen MR) is 71.6 cm³/mol. The fraction of sp³-hybridized carbons (Fsp3) is 0.538. The number of nitrogens with one attached hydrogen (secondary N) is 1. The van der Waals surface area contributed by atoms with E-state index in [0.29, 0.717) is 11.4 Å². The van der Waals surface area contributed by atoms with Crippen molar-refractivity contribution in [1.29, 1.82) is 0 Å². The van der Waals surface area contributed by atoms with Crippen molar-refractivity contribution in [3.8, 4) is 11.8 Å². The summed E-state index contributed by atoms with van der Waals surface area (Å²) in [5.41, 5.74) is 0.364. The topological polar surface area (TPSA) is 101 Å². The molecule has 0 aliphatic rings. The highest BCUT2D eigenvalue weighted by Gasteiger charge is 2.23. The van der Waals surface area contributed by atoms with E-state index in [2.05, 4.69) is 10.3 Å². The van der Waals surface area contributed by atoms with Crippen molar-refractivity contribution in [2.45, 2.75) is 25.6 Å². The molecule has 1 aromatic heterocycles. The van der Waals surface area contributed by atoms with Crippen molar-refractivity contribution in [2.24, 2.45) is 0 Å². The summed E-state index contributed by atoms with van der Waals surface area (Å²) in [6.45, 7) is 1.67. The number of carbonyl (C=O) groups excluding carboxylic acids is 1. The lowest BCUT2D eigenvalue weighted by atomic mass is 10.0. The molecule has 0 aliphatic carbocycles. The van der Waals surface area contributed by atoms with Gasteiger partial charge in [0.25, 0.3) is 0 Å². The van der Waals surface area contributed by atoms with Gasteiger partial charge in [-0.3, -0.25) is 4.79 Å². The van der Waals surface area contributed by atoms with E-state index in [1.165, 1.54) is 21.1 Å². The van der Waals surface area contributed by atoms with Gasteiger partial charge in [-0.25, -0.2) is 0 Å². The number of aromatic nitrogens is 1. The van der Waals surface area contributed by atoms with Gasteiger partial charge in [-0.15, -0.1) is 0 Å². The Morgan fingerprint density at radius 2 is 2.05 bits per heavy atom.